The van der Waals surface area contributed by atoms with E-state index in [9.17, 15) is 4.39 Å². The summed E-state index contributed by atoms with van der Waals surface area (Å²) in [5.41, 5.74) is 2.19. The molecule has 4 heteroatoms. The van der Waals surface area contributed by atoms with E-state index in [0.29, 0.717) is 5.52 Å². The number of benzene rings is 1. The van der Waals surface area contributed by atoms with Gasteiger partial charge in [0, 0.05) is 23.3 Å². The monoisotopic (exact) mass is 280 g/mol. The molecule has 1 aromatic heterocycles. The molecular weight excluding hydrogens is 263 g/mol. The summed E-state index contributed by atoms with van der Waals surface area (Å²) in [5, 5.41) is 4.24. The molecule has 0 atom stereocenters. The van der Waals surface area contributed by atoms with E-state index in [-0.39, 0.29) is 5.02 Å². The Labute approximate surface area is 118 Å². The minimum Gasteiger partial charge on any atom is -0.384 e. The predicted molar refractivity (Wildman–Crippen MR) is 79.5 cm³/mol. The van der Waals surface area contributed by atoms with Gasteiger partial charge in [0.05, 0.1) is 5.02 Å². The van der Waals surface area contributed by atoms with Gasteiger partial charge in [-0.3, -0.25) is 0 Å². The van der Waals surface area contributed by atoms with Crippen molar-refractivity contribution in [2.24, 2.45) is 0 Å². The molecule has 0 amide bonds. The maximum atomic E-state index is 14.1. The van der Waals surface area contributed by atoms with Crippen molar-refractivity contribution in [3.8, 4) is 0 Å². The number of rotatable bonds is 5. The van der Waals surface area contributed by atoms with Crippen LogP contribution in [0.5, 0.6) is 0 Å². The van der Waals surface area contributed by atoms with Crippen molar-refractivity contribution in [3.05, 3.63) is 34.7 Å². The topological polar surface area (TPSA) is 24.9 Å². The lowest BCUT2D eigenvalue weighted by molar-refractivity contribution is 0.636. The SMILES string of the molecule is CCCNc1cc(CCC)nc2c(F)c(Cl)ccc12. The van der Waals surface area contributed by atoms with Crippen molar-refractivity contribution in [1.82, 2.24) is 4.98 Å². The average Bonchev–Trinajstić information content (AvgIpc) is 2.41. The Hall–Kier alpha value is -1.35. The lowest BCUT2D eigenvalue weighted by Crippen LogP contribution is -2.03. The van der Waals surface area contributed by atoms with Crippen LogP contribution in [0.3, 0.4) is 0 Å². The Bertz CT molecular complexity index is 584. The molecule has 0 radical (unpaired) electrons. The second-order valence-electron chi connectivity index (χ2n) is 4.60. The van der Waals surface area contributed by atoms with E-state index in [4.69, 9.17) is 11.6 Å². The molecule has 0 unspecified atom stereocenters. The van der Waals surface area contributed by atoms with Gasteiger partial charge in [-0.2, -0.15) is 0 Å². The van der Waals surface area contributed by atoms with Gasteiger partial charge in [-0.1, -0.05) is 31.9 Å². The van der Waals surface area contributed by atoms with Crippen molar-refractivity contribution >= 4 is 28.2 Å². The fourth-order valence-corrected chi connectivity index (χ4v) is 2.23. The summed E-state index contributed by atoms with van der Waals surface area (Å²) in [6.07, 6.45) is 2.83. The van der Waals surface area contributed by atoms with Crippen molar-refractivity contribution in [2.45, 2.75) is 33.1 Å². The second kappa shape index (κ2) is 6.20. The maximum Gasteiger partial charge on any atom is 0.168 e. The highest BCUT2D eigenvalue weighted by Gasteiger charge is 2.12. The first kappa shape index (κ1) is 14.1. The molecule has 0 aliphatic rings. The van der Waals surface area contributed by atoms with Gasteiger partial charge in [0.25, 0.3) is 0 Å². The van der Waals surface area contributed by atoms with Crippen molar-refractivity contribution in [3.63, 3.8) is 0 Å². The Balaban J connectivity index is 2.60. The van der Waals surface area contributed by atoms with E-state index in [2.05, 4.69) is 24.1 Å². The number of hydrogen-bond donors (Lipinski definition) is 1. The van der Waals surface area contributed by atoms with Gasteiger partial charge in [-0.15, -0.1) is 0 Å². The molecule has 2 aromatic rings. The molecule has 1 aromatic carbocycles. The third-order valence-corrected chi connectivity index (χ3v) is 3.29. The summed E-state index contributed by atoms with van der Waals surface area (Å²) < 4.78 is 14.1. The predicted octanol–water partition coefficient (Wildman–Crippen LogP) is 4.80. The molecular formula is C15H18ClFN2. The molecule has 1 heterocycles. The number of hydrogen-bond acceptors (Lipinski definition) is 2. The number of pyridine rings is 1. The molecule has 19 heavy (non-hydrogen) atoms. The standard InChI is InChI=1S/C15H18ClFN2/c1-3-5-10-9-13(18-8-4-2)11-6-7-12(16)14(17)15(11)19-10/h6-7,9H,3-5,8H2,1-2H3,(H,18,19). The van der Waals surface area contributed by atoms with Crippen molar-refractivity contribution < 1.29 is 4.39 Å². The molecule has 2 rings (SSSR count). The van der Waals surface area contributed by atoms with E-state index in [1.165, 1.54) is 0 Å². The van der Waals surface area contributed by atoms with Gasteiger partial charge in [0.2, 0.25) is 0 Å². The smallest absolute Gasteiger partial charge is 0.168 e. The molecule has 0 spiro atoms. The average molecular weight is 281 g/mol. The van der Waals surface area contributed by atoms with Crippen molar-refractivity contribution in [1.29, 1.82) is 0 Å². The summed E-state index contributed by atoms with van der Waals surface area (Å²) in [4.78, 5) is 4.39. The van der Waals surface area contributed by atoms with Gasteiger partial charge in [-0.25, -0.2) is 9.37 Å². The van der Waals surface area contributed by atoms with Crippen LogP contribution in [0.4, 0.5) is 10.1 Å². The first-order valence-electron chi connectivity index (χ1n) is 6.68. The number of halogens is 2. The van der Waals surface area contributed by atoms with Crippen LogP contribution < -0.4 is 5.32 Å². The summed E-state index contributed by atoms with van der Waals surface area (Å²) >= 11 is 5.84. The number of fused-ring (bicyclic) bond motifs is 1. The number of aromatic nitrogens is 1. The molecule has 0 fully saturated rings. The highest BCUT2D eigenvalue weighted by molar-refractivity contribution is 6.31. The lowest BCUT2D eigenvalue weighted by atomic mass is 10.1. The Morgan fingerprint density at radius 3 is 2.74 bits per heavy atom. The van der Waals surface area contributed by atoms with Crippen molar-refractivity contribution in [2.75, 3.05) is 11.9 Å². The summed E-state index contributed by atoms with van der Waals surface area (Å²) in [6, 6.07) is 5.41. The Morgan fingerprint density at radius 1 is 1.26 bits per heavy atom. The number of nitrogens with one attached hydrogen (secondary N) is 1. The largest absolute Gasteiger partial charge is 0.384 e. The first-order valence-corrected chi connectivity index (χ1v) is 7.06. The summed E-state index contributed by atoms with van der Waals surface area (Å²) in [5.74, 6) is -0.434. The third-order valence-electron chi connectivity index (χ3n) is 3.00. The van der Waals surface area contributed by atoms with E-state index in [0.717, 1.165) is 42.6 Å². The van der Waals surface area contributed by atoms with Crippen LogP contribution in [0.1, 0.15) is 32.4 Å². The molecule has 2 nitrogen and oxygen atoms in total. The van der Waals surface area contributed by atoms with Gasteiger partial charge >= 0.3 is 0 Å². The minimum absolute atomic E-state index is 0.120. The van der Waals surface area contributed by atoms with Crippen LogP contribution in [0.25, 0.3) is 10.9 Å². The zero-order valence-corrected chi connectivity index (χ0v) is 12.0. The highest BCUT2D eigenvalue weighted by atomic mass is 35.5. The fraction of sp³-hybridized carbons (Fsp3) is 0.400. The van der Waals surface area contributed by atoms with Crippen LogP contribution in [0.15, 0.2) is 18.2 Å². The number of nitrogens with zero attached hydrogens (tertiary/aromatic N) is 1. The number of aryl methyl sites for hydroxylation is 1. The fourth-order valence-electron chi connectivity index (χ4n) is 2.08. The van der Waals surface area contributed by atoms with Crippen LogP contribution in [-0.2, 0) is 6.42 Å². The summed E-state index contributed by atoms with van der Waals surface area (Å²) in [7, 11) is 0. The maximum absolute atomic E-state index is 14.1. The van der Waals surface area contributed by atoms with Crippen LogP contribution in [0, 0.1) is 5.82 Å². The van der Waals surface area contributed by atoms with Gasteiger partial charge < -0.3 is 5.32 Å². The first-order chi connectivity index (χ1) is 9.17. The van der Waals surface area contributed by atoms with E-state index < -0.39 is 5.82 Å². The van der Waals surface area contributed by atoms with E-state index in [1.54, 1.807) is 6.07 Å². The quantitative estimate of drug-likeness (QED) is 0.851. The normalized spacial score (nSPS) is 10.9. The van der Waals surface area contributed by atoms with E-state index >= 15 is 0 Å². The Morgan fingerprint density at radius 2 is 2.05 bits per heavy atom. The molecule has 102 valence electrons. The third kappa shape index (κ3) is 2.98. The number of anilines is 1. The molecule has 1 N–H and O–H groups in total. The minimum atomic E-state index is -0.434. The highest BCUT2D eigenvalue weighted by Crippen LogP contribution is 2.29. The lowest BCUT2D eigenvalue weighted by Gasteiger charge is -2.12. The summed E-state index contributed by atoms with van der Waals surface area (Å²) in [6.45, 7) is 5.04. The zero-order chi connectivity index (χ0) is 13.8. The molecule has 0 bridgehead atoms. The van der Waals surface area contributed by atoms with Gasteiger partial charge in [0.15, 0.2) is 5.82 Å². The van der Waals surface area contributed by atoms with Crippen LogP contribution in [0.2, 0.25) is 5.02 Å². The molecule has 0 saturated carbocycles. The van der Waals surface area contributed by atoms with Gasteiger partial charge in [0.1, 0.15) is 5.52 Å². The Kier molecular flexibility index (Phi) is 4.59. The molecule has 0 aliphatic heterocycles. The molecule has 0 aliphatic carbocycles. The van der Waals surface area contributed by atoms with Crippen LogP contribution in [-0.4, -0.2) is 11.5 Å². The van der Waals surface area contributed by atoms with Crippen LogP contribution >= 0.6 is 11.6 Å². The van der Waals surface area contributed by atoms with Gasteiger partial charge in [-0.05, 0) is 31.0 Å². The zero-order valence-electron chi connectivity index (χ0n) is 11.3. The molecule has 0 saturated heterocycles. The second-order valence-corrected chi connectivity index (χ2v) is 5.00. The van der Waals surface area contributed by atoms with E-state index in [1.807, 2.05) is 12.1 Å².